The maximum Gasteiger partial charge on any atom is 0.406 e. The molecule has 1 aliphatic rings. The summed E-state index contributed by atoms with van der Waals surface area (Å²) in [6, 6.07) is 7.25. The Bertz CT molecular complexity index is 428. The number of hydrogen-bond donors (Lipinski definition) is 0. The van der Waals surface area contributed by atoms with Gasteiger partial charge in [-0.25, -0.2) is 0 Å². The highest BCUT2D eigenvalue weighted by Gasteiger charge is 2.33. The summed E-state index contributed by atoms with van der Waals surface area (Å²) in [5.41, 5.74) is 1.77. The fraction of sp³-hybridized carbons (Fsp3) is 0.417. The van der Waals surface area contributed by atoms with E-state index in [1.807, 2.05) is 12.1 Å². The maximum absolute atomic E-state index is 12.3. The summed E-state index contributed by atoms with van der Waals surface area (Å²) < 4.78 is 37.0. The van der Waals surface area contributed by atoms with Crippen LogP contribution in [0.3, 0.4) is 0 Å². The Kier molecular flexibility index (Phi) is 3.09. The third kappa shape index (κ3) is 2.99. The minimum absolute atomic E-state index is 0.0501. The second-order valence-corrected chi connectivity index (χ2v) is 4.13. The van der Waals surface area contributed by atoms with Crippen LogP contribution in [0.5, 0.6) is 0 Å². The summed E-state index contributed by atoms with van der Waals surface area (Å²) in [6.45, 7) is -1.12. The average Bonchev–Trinajstić information content (AvgIpc) is 2.38. The predicted octanol–water partition coefficient (Wildman–Crippen LogP) is 2.52. The molecular formula is C12H12F3NO. The van der Waals surface area contributed by atoms with E-state index in [0.29, 0.717) is 6.42 Å². The molecular weight excluding hydrogens is 231 g/mol. The Morgan fingerprint density at radius 1 is 1.12 bits per heavy atom. The molecule has 0 saturated heterocycles. The molecule has 0 radical (unpaired) electrons. The highest BCUT2D eigenvalue weighted by Crippen LogP contribution is 2.23. The smallest absolute Gasteiger partial charge is 0.329 e. The van der Waals surface area contributed by atoms with Crippen molar-refractivity contribution >= 4 is 5.91 Å². The van der Waals surface area contributed by atoms with Crippen LogP contribution in [0.1, 0.15) is 17.5 Å². The summed E-state index contributed by atoms with van der Waals surface area (Å²) in [7, 11) is 0. The SMILES string of the molecule is O=C1CCc2ccccc2CN1CC(F)(F)F. The van der Waals surface area contributed by atoms with E-state index in [0.717, 1.165) is 16.0 Å². The van der Waals surface area contributed by atoms with Gasteiger partial charge in [-0.3, -0.25) is 4.79 Å². The van der Waals surface area contributed by atoms with Gasteiger partial charge in [0.2, 0.25) is 5.91 Å². The molecule has 1 aromatic rings. The molecule has 17 heavy (non-hydrogen) atoms. The maximum atomic E-state index is 12.3. The second kappa shape index (κ2) is 4.39. The van der Waals surface area contributed by atoms with E-state index in [4.69, 9.17) is 0 Å². The number of hydrogen-bond acceptors (Lipinski definition) is 1. The normalized spacial score (nSPS) is 16.6. The number of fused-ring (bicyclic) bond motifs is 1. The number of nitrogens with zero attached hydrogens (tertiary/aromatic N) is 1. The monoisotopic (exact) mass is 243 g/mol. The number of carbonyl (C=O) groups is 1. The third-order valence-corrected chi connectivity index (χ3v) is 2.81. The molecule has 1 aliphatic heterocycles. The van der Waals surface area contributed by atoms with Crippen molar-refractivity contribution < 1.29 is 18.0 Å². The van der Waals surface area contributed by atoms with E-state index in [1.54, 1.807) is 12.1 Å². The van der Waals surface area contributed by atoms with Crippen LogP contribution in [0.25, 0.3) is 0 Å². The van der Waals surface area contributed by atoms with Crippen molar-refractivity contribution in [3.63, 3.8) is 0 Å². The number of aryl methyl sites for hydroxylation is 1. The molecule has 1 aromatic carbocycles. The second-order valence-electron chi connectivity index (χ2n) is 4.13. The van der Waals surface area contributed by atoms with Gasteiger partial charge in [-0.1, -0.05) is 24.3 Å². The lowest BCUT2D eigenvalue weighted by molar-refractivity contribution is -0.162. The first-order valence-electron chi connectivity index (χ1n) is 5.37. The summed E-state index contributed by atoms with van der Waals surface area (Å²) in [4.78, 5) is 12.5. The van der Waals surface area contributed by atoms with Crippen molar-refractivity contribution in [2.24, 2.45) is 0 Å². The van der Waals surface area contributed by atoms with Gasteiger partial charge in [0.1, 0.15) is 6.54 Å². The zero-order chi connectivity index (χ0) is 12.5. The third-order valence-electron chi connectivity index (χ3n) is 2.81. The van der Waals surface area contributed by atoms with Crippen LogP contribution >= 0.6 is 0 Å². The van der Waals surface area contributed by atoms with Gasteiger partial charge in [0.15, 0.2) is 0 Å². The molecule has 0 atom stereocenters. The minimum atomic E-state index is -4.34. The van der Waals surface area contributed by atoms with Crippen LogP contribution < -0.4 is 0 Å². The van der Waals surface area contributed by atoms with Crippen molar-refractivity contribution in [1.29, 1.82) is 0 Å². The highest BCUT2D eigenvalue weighted by molar-refractivity contribution is 5.77. The number of carbonyl (C=O) groups excluding carboxylic acids is 1. The van der Waals surface area contributed by atoms with Crippen molar-refractivity contribution in [1.82, 2.24) is 4.90 Å². The standard InChI is InChI=1S/C12H12F3NO/c13-12(14,15)8-16-7-10-4-2-1-3-9(10)5-6-11(16)17/h1-4H,5-8H2. The lowest BCUT2D eigenvalue weighted by atomic mass is 10.0. The Morgan fingerprint density at radius 2 is 1.76 bits per heavy atom. The summed E-state index contributed by atoms with van der Waals surface area (Å²) in [6.07, 6.45) is -3.68. The van der Waals surface area contributed by atoms with E-state index in [9.17, 15) is 18.0 Å². The molecule has 0 unspecified atom stereocenters. The van der Waals surface area contributed by atoms with Crippen LogP contribution in [0.15, 0.2) is 24.3 Å². The summed E-state index contributed by atoms with van der Waals surface area (Å²) >= 11 is 0. The molecule has 0 spiro atoms. The van der Waals surface area contributed by atoms with Crippen molar-refractivity contribution in [2.45, 2.75) is 25.6 Å². The van der Waals surface area contributed by atoms with Crippen molar-refractivity contribution in [2.75, 3.05) is 6.54 Å². The first-order chi connectivity index (χ1) is 7.96. The molecule has 0 aromatic heterocycles. The Morgan fingerprint density at radius 3 is 2.41 bits per heavy atom. The van der Waals surface area contributed by atoms with Gasteiger partial charge in [0, 0.05) is 13.0 Å². The molecule has 92 valence electrons. The number of amides is 1. The molecule has 1 heterocycles. The molecule has 0 fully saturated rings. The molecule has 5 heteroatoms. The lowest BCUT2D eigenvalue weighted by Gasteiger charge is -2.22. The van der Waals surface area contributed by atoms with E-state index in [1.165, 1.54) is 0 Å². The predicted molar refractivity (Wildman–Crippen MR) is 56.2 cm³/mol. The topological polar surface area (TPSA) is 20.3 Å². The number of benzene rings is 1. The van der Waals surface area contributed by atoms with E-state index < -0.39 is 18.6 Å². The molecule has 0 bridgehead atoms. The molecule has 0 N–H and O–H groups in total. The average molecular weight is 243 g/mol. The van der Waals surface area contributed by atoms with Crippen LogP contribution in [0, 0.1) is 0 Å². The van der Waals surface area contributed by atoms with Crippen LogP contribution in [-0.4, -0.2) is 23.5 Å². The Hall–Kier alpha value is -1.52. The van der Waals surface area contributed by atoms with Crippen molar-refractivity contribution in [3.8, 4) is 0 Å². The first kappa shape index (κ1) is 12.0. The van der Waals surface area contributed by atoms with E-state index in [-0.39, 0.29) is 13.0 Å². The summed E-state index contributed by atoms with van der Waals surface area (Å²) in [5, 5.41) is 0. The summed E-state index contributed by atoms with van der Waals surface area (Å²) in [5.74, 6) is -0.432. The van der Waals surface area contributed by atoms with Gasteiger partial charge >= 0.3 is 6.18 Å². The van der Waals surface area contributed by atoms with Gasteiger partial charge in [-0.2, -0.15) is 13.2 Å². The molecule has 1 amide bonds. The fourth-order valence-electron chi connectivity index (χ4n) is 2.01. The molecule has 2 rings (SSSR count). The Balaban J connectivity index is 2.21. The fourth-order valence-corrected chi connectivity index (χ4v) is 2.01. The van der Waals surface area contributed by atoms with Crippen LogP contribution in [0.4, 0.5) is 13.2 Å². The van der Waals surface area contributed by atoms with Crippen LogP contribution in [-0.2, 0) is 17.8 Å². The minimum Gasteiger partial charge on any atom is -0.329 e. The van der Waals surface area contributed by atoms with Crippen molar-refractivity contribution in [3.05, 3.63) is 35.4 Å². The number of halogens is 3. The zero-order valence-electron chi connectivity index (χ0n) is 9.13. The highest BCUT2D eigenvalue weighted by atomic mass is 19.4. The molecule has 0 saturated carbocycles. The van der Waals surface area contributed by atoms with E-state index in [2.05, 4.69) is 0 Å². The quantitative estimate of drug-likeness (QED) is 0.742. The Labute approximate surface area is 97.0 Å². The van der Waals surface area contributed by atoms with Gasteiger partial charge in [0.05, 0.1) is 0 Å². The number of alkyl halides is 3. The van der Waals surface area contributed by atoms with Gasteiger partial charge in [0.25, 0.3) is 0 Å². The van der Waals surface area contributed by atoms with Gasteiger partial charge < -0.3 is 4.90 Å². The van der Waals surface area contributed by atoms with Gasteiger partial charge in [-0.05, 0) is 17.5 Å². The van der Waals surface area contributed by atoms with Crippen LogP contribution in [0.2, 0.25) is 0 Å². The number of rotatable bonds is 1. The largest absolute Gasteiger partial charge is 0.406 e. The lowest BCUT2D eigenvalue weighted by Crippen LogP contribution is -2.37. The first-order valence-corrected chi connectivity index (χ1v) is 5.37. The van der Waals surface area contributed by atoms with Gasteiger partial charge in [-0.15, -0.1) is 0 Å². The zero-order valence-corrected chi connectivity index (χ0v) is 9.13. The molecule has 2 nitrogen and oxygen atoms in total. The van der Waals surface area contributed by atoms with E-state index >= 15 is 0 Å². The molecule has 0 aliphatic carbocycles.